The molecule has 0 saturated heterocycles. The van der Waals surface area contributed by atoms with E-state index in [1.807, 2.05) is 0 Å². The summed E-state index contributed by atoms with van der Waals surface area (Å²) in [5.41, 5.74) is 1.62. The van der Waals surface area contributed by atoms with E-state index in [0.717, 1.165) is 12.1 Å². The number of hydrogen-bond acceptors (Lipinski definition) is 2. The number of rotatable bonds is 0. The van der Waals surface area contributed by atoms with Gasteiger partial charge >= 0.3 is 0 Å². The molecule has 2 N–H and O–H groups in total. The molecule has 0 aliphatic carbocycles. The number of phenolic OH excluding ortho intramolecular Hbond substituents is 1. The van der Waals surface area contributed by atoms with Crippen molar-refractivity contribution >= 4 is 12.4 Å². The highest BCUT2D eigenvalue weighted by Crippen LogP contribution is 2.24. The molecule has 0 fully saturated rings. The quantitative estimate of drug-likeness (QED) is 0.672. The Hall–Kier alpha value is -0.800. The average molecular weight is 204 g/mol. The number of phenols is 1. The third-order valence-electron chi connectivity index (χ3n) is 2.19. The lowest BCUT2D eigenvalue weighted by molar-refractivity contribution is 0.424. The first-order chi connectivity index (χ1) is 5.79. The molecule has 1 heterocycles. The van der Waals surface area contributed by atoms with Gasteiger partial charge < -0.3 is 10.4 Å². The zero-order valence-electron chi connectivity index (χ0n) is 7.01. The van der Waals surface area contributed by atoms with Crippen LogP contribution in [0.25, 0.3) is 0 Å². The largest absolute Gasteiger partial charge is 0.505 e. The maximum absolute atomic E-state index is 13.2. The summed E-state index contributed by atoms with van der Waals surface area (Å²) in [5, 5.41) is 12.2. The molecule has 0 atom stereocenters. The molecule has 72 valence electrons. The van der Waals surface area contributed by atoms with Crippen LogP contribution in [-0.4, -0.2) is 11.7 Å². The molecule has 4 heteroatoms. The van der Waals surface area contributed by atoms with E-state index in [1.54, 1.807) is 6.07 Å². The molecule has 0 saturated carbocycles. The molecule has 0 radical (unpaired) electrons. The van der Waals surface area contributed by atoms with Gasteiger partial charge in [0.1, 0.15) is 0 Å². The monoisotopic (exact) mass is 203 g/mol. The molecule has 0 bridgehead atoms. The van der Waals surface area contributed by atoms with Gasteiger partial charge in [-0.25, -0.2) is 4.39 Å². The minimum absolute atomic E-state index is 0. The molecule has 1 aromatic rings. The van der Waals surface area contributed by atoms with Gasteiger partial charge in [-0.05, 0) is 30.2 Å². The Morgan fingerprint density at radius 1 is 1.38 bits per heavy atom. The van der Waals surface area contributed by atoms with E-state index < -0.39 is 5.82 Å². The van der Waals surface area contributed by atoms with Crippen molar-refractivity contribution in [2.75, 3.05) is 6.54 Å². The lowest BCUT2D eigenvalue weighted by Crippen LogP contribution is -2.24. The van der Waals surface area contributed by atoms with Crippen LogP contribution in [-0.2, 0) is 13.0 Å². The predicted molar refractivity (Wildman–Crippen MR) is 50.7 cm³/mol. The molecule has 0 unspecified atom stereocenters. The molecule has 2 nitrogen and oxygen atoms in total. The van der Waals surface area contributed by atoms with Gasteiger partial charge in [0, 0.05) is 6.54 Å². The zero-order chi connectivity index (χ0) is 8.55. The highest BCUT2D eigenvalue weighted by molar-refractivity contribution is 5.85. The fourth-order valence-corrected chi connectivity index (χ4v) is 1.52. The summed E-state index contributed by atoms with van der Waals surface area (Å²) in [7, 11) is 0. The Morgan fingerprint density at radius 2 is 2.15 bits per heavy atom. The van der Waals surface area contributed by atoms with E-state index in [0.29, 0.717) is 18.5 Å². The van der Waals surface area contributed by atoms with Crippen LogP contribution >= 0.6 is 12.4 Å². The van der Waals surface area contributed by atoms with Crippen molar-refractivity contribution in [3.8, 4) is 5.75 Å². The Morgan fingerprint density at radius 3 is 2.92 bits per heavy atom. The van der Waals surface area contributed by atoms with Crippen LogP contribution in [0.1, 0.15) is 11.1 Å². The SMILES string of the molecule is Cl.Oc1ccc2c(c1F)CCNC2. The number of aromatic hydroxyl groups is 1. The van der Waals surface area contributed by atoms with Gasteiger partial charge in [-0.1, -0.05) is 6.07 Å². The molecule has 0 aromatic heterocycles. The van der Waals surface area contributed by atoms with E-state index in [2.05, 4.69) is 5.32 Å². The first-order valence-corrected chi connectivity index (χ1v) is 3.99. The van der Waals surface area contributed by atoms with Crippen molar-refractivity contribution in [3.63, 3.8) is 0 Å². The summed E-state index contributed by atoms with van der Waals surface area (Å²) in [4.78, 5) is 0. The second-order valence-electron chi connectivity index (χ2n) is 2.96. The van der Waals surface area contributed by atoms with Crippen LogP contribution in [0.4, 0.5) is 4.39 Å². The second-order valence-corrected chi connectivity index (χ2v) is 2.96. The van der Waals surface area contributed by atoms with Crippen molar-refractivity contribution in [3.05, 3.63) is 29.1 Å². The third-order valence-corrected chi connectivity index (χ3v) is 2.19. The number of nitrogens with one attached hydrogen (secondary N) is 1. The maximum Gasteiger partial charge on any atom is 0.168 e. The number of hydrogen-bond donors (Lipinski definition) is 2. The van der Waals surface area contributed by atoms with Crippen LogP contribution in [0, 0.1) is 5.82 Å². The molecular weight excluding hydrogens is 193 g/mol. The standard InChI is InChI=1S/C9H10FNO.ClH/c10-9-7-3-4-11-5-6(7)1-2-8(9)12;/h1-2,11-12H,3-5H2;1H. The normalized spacial score (nSPS) is 14.5. The van der Waals surface area contributed by atoms with Crippen LogP contribution in [0.5, 0.6) is 5.75 Å². The fourth-order valence-electron chi connectivity index (χ4n) is 1.52. The van der Waals surface area contributed by atoms with Crippen molar-refractivity contribution in [1.82, 2.24) is 5.32 Å². The molecule has 13 heavy (non-hydrogen) atoms. The Kier molecular flexibility index (Phi) is 3.12. The highest BCUT2D eigenvalue weighted by atomic mass is 35.5. The van der Waals surface area contributed by atoms with Crippen LogP contribution in [0.15, 0.2) is 12.1 Å². The zero-order valence-corrected chi connectivity index (χ0v) is 7.83. The minimum atomic E-state index is -0.450. The Bertz CT molecular complexity index is 317. The number of halogens is 2. The van der Waals surface area contributed by atoms with Crippen molar-refractivity contribution in [2.45, 2.75) is 13.0 Å². The van der Waals surface area contributed by atoms with Crippen LogP contribution < -0.4 is 5.32 Å². The van der Waals surface area contributed by atoms with E-state index >= 15 is 0 Å². The van der Waals surface area contributed by atoms with Gasteiger partial charge in [-0.15, -0.1) is 12.4 Å². The molecule has 0 spiro atoms. The Balaban J connectivity index is 0.000000845. The number of benzene rings is 1. The fraction of sp³-hybridized carbons (Fsp3) is 0.333. The molecule has 1 aliphatic rings. The van der Waals surface area contributed by atoms with Gasteiger partial charge in [-0.2, -0.15) is 0 Å². The summed E-state index contributed by atoms with van der Waals surface area (Å²) in [6, 6.07) is 3.17. The minimum Gasteiger partial charge on any atom is -0.505 e. The highest BCUT2D eigenvalue weighted by Gasteiger charge is 2.15. The smallest absolute Gasteiger partial charge is 0.168 e. The molecule has 1 aliphatic heterocycles. The number of fused-ring (bicyclic) bond motifs is 1. The summed E-state index contributed by atoms with van der Waals surface area (Å²) < 4.78 is 13.2. The summed E-state index contributed by atoms with van der Waals surface area (Å²) >= 11 is 0. The van der Waals surface area contributed by atoms with Crippen molar-refractivity contribution in [1.29, 1.82) is 0 Å². The third kappa shape index (κ3) is 1.76. The summed E-state index contributed by atoms with van der Waals surface area (Å²) in [6.45, 7) is 1.49. The Labute approximate surface area is 82.2 Å². The first-order valence-electron chi connectivity index (χ1n) is 3.99. The van der Waals surface area contributed by atoms with Crippen LogP contribution in [0.3, 0.4) is 0 Å². The van der Waals surface area contributed by atoms with E-state index in [9.17, 15) is 4.39 Å². The van der Waals surface area contributed by atoms with Crippen molar-refractivity contribution < 1.29 is 9.50 Å². The summed E-state index contributed by atoms with van der Waals surface area (Å²) in [5.74, 6) is -0.690. The maximum atomic E-state index is 13.2. The van der Waals surface area contributed by atoms with Crippen LogP contribution in [0.2, 0.25) is 0 Å². The van der Waals surface area contributed by atoms with E-state index in [4.69, 9.17) is 5.11 Å². The second kappa shape index (κ2) is 3.94. The average Bonchev–Trinajstić information content (AvgIpc) is 2.12. The molecule has 0 amide bonds. The first kappa shape index (κ1) is 10.3. The molecule has 2 rings (SSSR count). The topological polar surface area (TPSA) is 32.3 Å². The predicted octanol–water partition coefficient (Wildman–Crippen LogP) is 1.60. The van der Waals surface area contributed by atoms with Gasteiger partial charge in [0.15, 0.2) is 11.6 Å². The summed E-state index contributed by atoms with van der Waals surface area (Å²) in [6.07, 6.45) is 0.662. The van der Waals surface area contributed by atoms with Gasteiger partial charge in [0.25, 0.3) is 0 Å². The lowest BCUT2D eigenvalue weighted by Gasteiger charge is -2.17. The lowest BCUT2D eigenvalue weighted by atomic mass is 10.0. The van der Waals surface area contributed by atoms with E-state index in [-0.39, 0.29) is 18.2 Å². The van der Waals surface area contributed by atoms with Crippen molar-refractivity contribution in [2.24, 2.45) is 0 Å². The molecular formula is C9H11ClFNO. The van der Waals surface area contributed by atoms with Gasteiger partial charge in [0.05, 0.1) is 0 Å². The van der Waals surface area contributed by atoms with Gasteiger partial charge in [0.2, 0.25) is 0 Å². The molecule has 1 aromatic carbocycles. The van der Waals surface area contributed by atoms with Gasteiger partial charge in [-0.3, -0.25) is 0 Å². The van der Waals surface area contributed by atoms with E-state index in [1.165, 1.54) is 6.07 Å².